The Labute approximate surface area is 281 Å². The number of hydrogen-bond acceptors (Lipinski definition) is 6. The topological polar surface area (TPSA) is 129 Å². The molecule has 0 aromatic heterocycles. The van der Waals surface area contributed by atoms with Crippen molar-refractivity contribution in [1.82, 2.24) is 5.32 Å². The molecular weight excluding hydrogens is 635 g/mol. The normalized spacial score (nSPS) is 17.2. The predicted molar refractivity (Wildman–Crippen MR) is 179 cm³/mol. The van der Waals surface area contributed by atoms with Crippen molar-refractivity contribution < 1.29 is 32.5 Å². The summed E-state index contributed by atoms with van der Waals surface area (Å²) in [5, 5.41) is 15.6. The number of alkyl halides is 3. The van der Waals surface area contributed by atoms with E-state index in [-0.39, 0.29) is 37.6 Å². The molecule has 2 N–H and O–H groups in total. The third-order valence-corrected chi connectivity index (χ3v) is 7.92. The van der Waals surface area contributed by atoms with Crippen molar-refractivity contribution >= 4 is 17.9 Å². The molecule has 0 fully saturated rings. The Hall–Kier alpha value is -5.58. The van der Waals surface area contributed by atoms with Gasteiger partial charge < -0.3 is 19.9 Å². The maximum absolute atomic E-state index is 14.5. The molecule has 252 valence electrons. The standard InChI is InChI=1S/C37H34F3N5O4/c38-37(39,40)30-14-6-11-27(23-30)24-42-35(47)36(20-7-12-26-9-2-1-3-10-26)33(32-15-5-4-13-29(32)25-43-45-41)49-34(44-36)28-16-18-31(19-17-28)48-22-8-21-46/h1-7,9-19,23,33,46H,8,20-22,24-25H2,(H,42,47)/b12-7+/t33-,36-/m1/s1. The Morgan fingerprint density at radius 1 is 1.04 bits per heavy atom. The first kappa shape index (κ1) is 34.7. The molecule has 0 spiro atoms. The summed E-state index contributed by atoms with van der Waals surface area (Å²) in [5.41, 5.74) is 9.53. The van der Waals surface area contributed by atoms with Crippen molar-refractivity contribution in [3.8, 4) is 5.75 Å². The third kappa shape index (κ3) is 8.67. The summed E-state index contributed by atoms with van der Waals surface area (Å²) in [4.78, 5) is 22.3. The number of hydrogen-bond donors (Lipinski definition) is 2. The molecule has 1 heterocycles. The largest absolute Gasteiger partial charge is 0.494 e. The van der Waals surface area contributed by atoms with Gasteiger partial charge in [-0.3, -0.25) is 4.79 Å². The number of benzene rings is 4. The number of halogens is 3. The Morgan fingerprint density at radius 2 is 1.80 bits per heavy atom. The molecule has 49 heavy (non-hydrogen) atoms. The van der Waals surface area contributed by atoms with E-state index in [1.165, 1.54) is 12.1 Å². The fourth-order valence-corrected chi connectivity index (χ4v) is 5.47. The van der Waals surface area contributed by atoms with Crippen LogP contribution in [0.3, 0.4) is 0 Å². The van der Waals surface area contributed by atoms with Gasteiger partial charge in [0, 0.05) is 36.5 Å². The predicted octanol–water partition coefficient (Wildman–Crippen LogP) is 7.95. The minimum absolute atomic E-state index is 0.00188. The molecule has 0 radical (unpaired) electrons. The van der Waals surface area contributed by atoms with E-state index in [2.05, 4.69) is 15.3 Å². The number of amides is 1. The van der Waals surface area contributed by atoms with Crippen LogP contribution in [0.2, 0.25) is 0 Å². The van der Waals surface area contributed by atoms with Gasteiger partial charge in [-0.15, -0.1) is 0 Å². The average molecular weight is 670 g/mol. The van der Waals surface area contributed by atoms with Crippen LogP contribution >= 0.6 is 0 Å². The van der Waals surface area contributed by atoms with Crippen LogP contribution in [0.15, 0.2) is 119 Å². The summed E-state index contributed by atoms with van der Waals surface area (Å²) in [6.07, 6.45) is -1.34. The molecule has 1 aliphatic heterocycles. The van der Waals surface area contributed by atoms with E-state index < -0.39 is 29.3 Å². The number of azide groups is 1. The van der Waals surface area contributed by atoms with Gasteiger partial charge in [0.1, 0.15) is 5.75 Å². The number of carbonyl (C=O) groups is 1. The fraction of sp³-hybridized carbons (Fsp3) is 0.243. The first-order valence-electron chi connectivity index (χ1n) is 15.6. The van der Waals surface area contributed by atoms with E-state index in [1.54, 1.807) is 48.5 Å². The van der Waals surface area contributed by atoms with E-state index in [0.717, 1.165) is 17.7 Å². The van der Waals surface area contributed by atoms with Crippen LogP contribution in [0.5, 0.6) is 5.75 Å². The lowest BCUT2D eigenvalue weighted by atomic mass is 9.82. The van der Waals surface area contributed by atoms with Gasteiger partial charge in [0.25, 0.3) is 5.91 Å². The summed E-state index contributed by atoms with van der Waals surface area (Å²) in [6, 6.07) is 28.3. The summed E-state index contributed by atoms with van der Waals surface area (Å²) in [7, 11) is 0. The average Bonchev–Trinajstić information content (AvgIpc) is 3.51. The molecule has 0 unspecified atom stereocenters. The van der Waals surface area contributed by atoms with Crippen LogP contribution < -0.4 is 10.1 Å². The zero-order valence-electron chi connectivity index (χ0n) is 26.4. The van der Waals surface area contributed by atoms with Crippen molar-refractivity contribution in [2.75, 3.05) is 13.2 Å². The molecule has 0 saturated heterocycles. The van der Waals surface area contributed by atoms with E-state index in [9.17, 15) is 18.0 Å². The molecule has 0 bridgehead atoms. The summed E-state index contributed by atoms with van der Waals surface area (Å²) in [6.45, 7) is 0.135. The van der Waals surface area contributed by atoms with Gasteiger partial charge in [-0.2, -0.15) is 13.2 Å². The van der Waals surface area contributed by atoms with E-state index in [1.807, 2.05) is 42.5 Å². The number of nitrogens with one attached hydrogen (secondary N) is 1. The van der Waals surface area contributed by atoms with Gasteiger partial charge in [-0.1, -0.05) is 84.0 Å². The summed E-state index contributed by atoms with van der Waals surface area (Å²) in [5.74, 6) is 0.181. The Kier molecular flexibility index (Phi) is 11.4. The van der Waals surface area contributed by atoms with E-state index >= 15 is 0 Å². The molecule has 4 aromatic carbocycles. The van der Waals surface area contributed by atoms with Crippen LogP contribution in [0.4, 0.5) is 13.2 Å². The molecule has 9 nitrogen and oxygen atoms in total. The van der Waals surface area contributed by atoms with Crippen molar-refractivity contribution in [1.29, 1.82) is 0 Å². The molecule has 1 aliphatic rings. The van der Waals surface area contributed by atoms with Gasteiger partial charge in [0.05, 0.1) is 18.7 Å². The monoisotopic (exact) mass is 669 g/mol. The Bertz CT molecular complexity index is 1840. The van der Waals surface area contributed by atoms with Crippen LogP contribution in [0, 0.1) is 0 Å². The zero-order valence-corrected chi connectivity index (χ0v) is 26.4. The number of ether oxygens (including phenoxy) is 2. The lowest BCUT2D eigenvalue weighted by molar-refractivity contribution is -0.137. The fourth-order valence-electron chi connectivity index (χ4n) is 5.47. The number of nitrogens with zero attached hydrogens (tertiary/aromatic N) is 4. The quantitative estimate of drug-likeness (QED) is 0.0611. The number of rotatable bonds is 14. The number of aliphatic imine (C=N–C) groups is 1. The highest BCUT2D eigenvalue weighted by atomic mass is 19.4. The molecule has 0 saturated carbocycles. The summed E-state index contributed by atoms with van der Waals surface area (Å²) < 4.78 is 52.6. The molecule has 12 heteroatoms. The molecule has 2 atom stereocenters. The van der Waals surface area contributed by atoms with Crippen LogP contribution in [0.1, 0.15) is 52.3 Å². The van der Waals surface area contributed by atoms with Crippen molar-refractivity contribution in [2.24, 2.45) is 10.1 Å². The van der Waals surface area contributed by atoms with Gasteiger partial charge in [0.2, 0.25) is 5.90 Å². The van der Waals surface area contributed by atoms with Crippen molar-refractivity contribution in [3.05, 3.63) is 153 Å². The Balaban J connectivity index is 1.57. The van der Waals surface area contributed by atoms with Crippen LogP contribution in [-0.2, 0) is 28.8 Å². The molecule has 0 aliphatic carbocycles. The van der Waals surface area contributed by atoms with Gasteiger partial charge in [0.15, 0.2) is 11.6 Å². The van der Waals surface area contributed by atoms with Gasteiger partial charge >= 0.3 is 6.18 Å². The van der Waals surface area contributed by atoms with Crippen molar-refractivity contribution in [2.45, 2.75) is 43.8 Å². The van der Waals surface area contributed by atoms with E-state index in [4.69, 9.17) is 25.1 Å². The molecule has 5 rings (SSSR count). The molecular formula is C37H34F3N5O4. The van der Waals surface area contributed by atoms with Gasteiger partial charge in [-0.25, -0.2) is 4.99 Å². The van der Waals surface area contributed by atoms with E-state index in [0.29, 0.717) is 35.5 Å². The second kappa shape index (κ2) is 16.0. The highest BCUT2D eigenvalue weighted by molar-refractivity contribution is 6.01. The smallest absolute Gasteiger partial charge is 0.416 e. The Morgan fingerprint density at radius 3 is 2.53 bits per heavy atom. The first-order chi connectivity index (χ1) is 23.7. The molecule has 4 aromatic rings. The highest BCUT2D eigenvalue weighted by Crippen LogP contribution is 2.44. The second-order valence-electron chi connectivity index (χ2n) is 11.3. The number of aliphatic hydroxyl groups excluding tert-OH is 1. The van der Waals surface area contributed by atoms with Gasteiger partial charge in [-0.05, 0) is 64.2 Å². The SMILES string of the molecule is [N-]=[N+]=NCc1ccccc1[C@H]1OC(c2ccc(OCCCO)cc2)=N[C@@]1(C/C=C/c1ccccc1)C(=O)NCc1cccc(C(F)(F)F)c1. The number of carbonyl (C=O) groups excluding carboxylic acids is 1. The number of aliphatic hydroxyl groups is 1. The lowest BCUT2D eigenvalue weighted by Gasteiger charge is -2.31. The zero-order chi connectivity index (χ0) is 34.7. The summed E-state index contributed by atoms with van der Waals surface area (Å²) >= 11 is 0. The van der Waals surface area contributed by atoms with Crippen LogP contribution in [0.25, 0.3) is 16.5 Å². The minimum Gasteiger partial charge on any atom is -0.494 e. The maximum Gasteiger partial charge on any atom is 0.416 e. The third-order valence-electron chi connectivity index (χ3n) is 7.92. The lowest BCUT2D eigenvalue weighted by Crippen LogP contribution is -2.48. The maximum atomic E-state index is 14.5. The highest BCUT2D eigenvalue weighted by Gasteiger charge is 2.53. The second-order valence-corrected chi connectivity index (χ2v) is 11.3. The van der Waals surface area contributed by atoms with Crippen molar-refractivity contribution in [3.63, 3.8) is 0 Å². The first-order valence-corrected chi connectivity index (χ1v) is 15.6. The molecule has 1 amide bonds. The minimum atomic E-state index is -4.54. The van der Waals surface area contributed by atoms with Crippen LogP contribution in [-0.4, -0.2) is 35.7 Å².